The van der Waals surface area contributed by atoms with Crippen LogP contribution in [0.15, 0.2) is 28.4 Å². The zero-order valence-electron chi connectivity index (χ0n) is 7.95. The maximum absolute atomic E-state index is 11.4. The minimum absolute atomic E-state index is 0.135. The highest BCUT2D eigenvalue weighted by atomic mass is 79.9. The first-order valence-corrected chi connectivity index (χ1v) is 5.59. The van der Waals surface area contributed by atoms with Crippen molar-refractivity contribution in [1.82, 2.24) is 10.6 Å². The topological polar surface area (TPSA) is 61.4 Å². The molecule has 0 radical (unpaired) electrons. The first-order valence-electron chi connectivity index (χ1n) is 4.39. The normalized spacial score (nSPS) is 17.4. The second kappa shape index (κ2) is 4.23. The number of nitrogens with one attached hydrogen (secondary N) is 2. The molecule has 1 aromatic rings. The van der Waals surface area contributed by atoms with E-state index in [2.05, 4.69) is 26.6 Å². The SMILES string of the molecule is O=C1NC(=S)NC1=Cc1cc(O)ccc1Br. The van der Waals surface area contributed by atoms with Crippen molar-refractivity contribution in [2.75, 3.05) is 0 Å². The molecule has 0 unspecified atom stereocenters. The molecule has 3 N–H and O–H groups in total. The Morgan fingerprint density at radius 2 is 2.12 bits per heavy atom. The van der Waals surface area contributed by atoms with Gasteiger partial charge in [-0.2, -0.15) is 0 Å². The van der Waals surface area contributed by atoms with Crippen LogP contribution < -0.4 is 10.6 Å². The summed E-state index contributed by atoms with van der Waals surface area (Å²) in [6.45, 7) is 0. The molecule has 0 atom stereocenters. The Labute approximate surface area is 105 Å². The van der Waals surface area contributed by atoms with Crippen molar-refractivity contribution >= 4 is 45.2 Å². The molecule has 1 saturated heterocycles. The van der Waals surface area contributed by atoms with E-state index >= 15 is 0 Å². The number of phenols is 1. The third-order valence-electron chi connectivity index (χ3n) is 2.00. The summed E-state index contributed by atoms with van der Waals surface area (Å²) in [7, 11) is 0. The molecule has 1 aliphatic rings. The van der Waals surface area contributed by atoms with Gasteiger partial charge in [-0.25, -0.2) is 0 Å². The van der Waals surface area contributed by atoms with Crippen molar-refractivity contribution in [2.45, 2.75) is 0 Å². The fourth-order valence-electron chi connectivity index (χ4n) is 1.28. The van der Waals surface area contributed by atoms with E-state index in [1.165, 1.54) is 0 Å². The number of thiocarbonyl (C=S) groups is 1. The number of benzene rings is 1. The van der Waals surface area contributed by atoms with Gasteiger partial charge in [0.25, 0.3) is 5.91 Å². The van der Waals surface area contributed by atoms with Gasteiger partial charge in [-0.15, -0.1) is 0 Å². The number of phenolic OH excluding ortho intramolecular Hbond substituents is 1. The highest BCUT2D eigenvalue weighted by Gasteiger charge is 2.20. The Bertz CT molecular complexity index is 514. The monoisotopic (exact) mass is 298 g/mol. The standard InChI is InChI=1S/C10H7BrN2O2S/c11-7-2-1-6(14)3-5(7)4-8-9(15)13-10(16)12-8/h1-4,14H,(H2,12,13,15,16). The van der Waals surface area contributed by atoms with Crippen molar-refractivity contribution < 1.29 is 9.90 Å². The predicted octanol–water partition coefficient (Wildman–Crippen LogP) is 1.50. The molecule has 0 saturated carbocycles. The minimum atomic E-state index is -0.278. The fourth-order valence-corrected chi connectivity index (χ4v) is 1.84. The second-order valence-corrected chi connectivity index (χ2v) is 4.43. The van der Waals surface area contributed by atoms with Crippen molar-refractivity contribution in [3.05, 3.63) is 33.9 Å². The smallest absolute Gasteiger partial charge is 0.273 e. The highest BCUT2D eigenvalue weighted by Crippen LogP contribution is 2.24. The van der Waals surface area contributed by atoms with E-state index in [4.69, 9.17) is 12.2 Å². The number of aromatic hydroxyl groups is 1. The molecule has 2 rings (SSSR count). The lowest BCUT2D eigenvalue weighted by Gasteiger charge is -2.01. The number of carbonyl (C=O) groups is 1. The fraction of sp³-hybridized carbons (Fsp3) is 0. The largest absolute Gasteiger partial charge is 0.508 e. The van der Waals surface area contributed by atoms with Gasteiger partial charge in [0.1, 0.15) is 11.4 Å². The average molecular weight is 299 g/mol. The summed E-state index contributed by atoms with van der Waals surface area (Å²) in [4.78, 5) is 11.4. The lowest BCUT2D eigenvalue weighted by atomic mass is 10.2. The number of amides is 1. The van der Waals surface area contributed by atoms with Crippen LogP contribution in [-0.2, 0) is 4.79 Å². The van der Waals surface area contributed by atoms with Crippen molar-refractivity contribution in [1.29, 1.82) is 0 Å². The lowest BCUT2D eigenvalue weighted by molar-refractivity contribution is -0.115. The van der Waals surface area contributed by atoms with Crippen LogP contribution in [0.1, 0.15) is 5.56 Å². The Kier molecular flexibility index (Phi) is 2.93. The highest BCUT2D eigenvalue weighted by molar-refractivity contribution is 9.10. The Hall–Kier alpha value is -1.40. The van der Waals surface area contributed by atoms with Gasteiger partial charge < -0.3 is 10.4 Å². The van der Waals surface area contributed by atoms with Crippen molar-refractivity contribution in [2.24, 2.45) is 0 Å². The summed E-state index contributed by atoms with van der Waals surface area (Å²) in [5.41, 5.74) is 1.05. The van der Waals surface area contributed by atoms with Gasteiger partial charge in [-0.1, -0.05) is 15.9 Å². The Morgan fingerprint density at radius 1 is 1.38 bits per heavy atom. The zero-order chi connectivity index (χ0) is 11.7. The third-order valence-corrected chi connectivity index (χ3v) is 2.93. The van der Waals surface area contributed by atoms with Gasteiger partial charge in [-0.3, -0.25) is 10.1 Å². The first kappa shape index (κ1) is 11.1. The summed E-state index contributed by atoms with van der Waals surface area (Å²) in [5, 5.41) is 14.8. The summed E-state index contributed by atoms with van der Waals surface area (Å²) >= 11 is 8.13. The molecule has 82 valence electrons. The first-order chi connectivity index (χ1) is 7.56. The molecule has 0 bridgehead atoms. The van der Waals surface area contributed by atoms with E-state index in [0.717, 1.165) is 4.47 Å². The van der Waals surface area contributed by atoms with Crippen LogP contribution in [0, 0.1) is 0 Å². The number of hydrogen-bond donors (Lipinski definition) is 3. The molecule has 6 heteroatoms. The molecule has 1 aromatic carbocycles. The molecule has 0 aliphatic carbocycles. The molecule has 4 nitrogen and oxygen atoms in total. The maximum atomic E-state index is 11.4. The summed E-state index contributed by atoms with van der Waals surface area (Å²) in [6, 6.07) is 4.80. The van der Waals surface area contributed by atoms with Gasteiger partial charge >= 0.3 is 0 Å². The summed E-state index contributed by atoms with van der Waals surface area (Å²) in [5.74, 6) is -0.142. The zero-order valence-corrected chi connectivity index (χ0v) is 10.4. The molecule has 1 fully saturated rings. The van der Waals surface area contributed by atoms with E-state index in [1.807, 2.05) is 0 Å². The molecule has 1 heterocycles. The minimum Gasteiger partial charge on any atom is -0.508 e. The number of halogens is 1. The maximum Gasteiger partial charge on any atom is 0.273 e. The van der Waals surface area contributed by atoms with Crippen LogP contribution in [0.4, 0.5) is 0 Å². The van der Waals surface area contributed by atoms with E-state index in [0.29, 0.717) is 11.3 Å². The van der Waals surface area contributed by atoms with Crippen LogP contribution in [-0.4, -0.2) is 16.1 Å². The van der Waals surface area contributed by atoms with Crippen LogP contribution in [0.3, 0.4) is 0 Å². The van der Waals surface area contributed by atoms with Gasteiger partial charge in [0.2, 0.25) is 0 Å². The van der Waals surface area contributed by atoms with Gasteiger partial charge in [0.05, 0.1) is 0 Å². The number of carbonyl (C=O) groups excluding carboxylic acids is 1. The van der Waals surface area contributed by atoms with E-state index < -0.39 is 0 Å². The van der Waals surface area contributed by atoms with Crippen molar-refractivity contribution in [3.8, 4) is 5.75 Å². The number of rotatable bonds is 1. The molecule has 0 aromatic heterocycles. The van der Waals surface area contributed by atoms with Gasteiger partial charge in [0.15, 0.2) is 5.11 Å². The summed E-state index contributed by atoms with van der Waals surface area (Å²) in [6.07, 6.45) is 1.61. The average Bonchev–Trinajstić information content (AvgIpc) is 2.51. The van der Waals surface area contributed by atoms with Crippen LogP contribution in [0.25, 0.3) is 6.08 Å². The molecular weight excluding hydrogens is 292 g/mol. The molecule has 1 aliphatic heterocycles. The predicted molar refractivity (Wildman–Crippen MR) is 67.7 cm³/mol. The van der Waals surface area contributed by atoms with E-state index in [1.54, 1.807) is 24.3 Å². The Balaban J connectivity index is 2.39. The Morgan fingerprint density at radius 3 is 2.75 bits per heavy atom. The molecular formula is C10H7BrN2O2S. The van der Waals surface area contributed by atoms with E-state index in [9.17, 15) is 9.90 Å². The van der Waals surface area contributed by atoms with Crippen molar-refractivity contribution in [3.63, 3.8) is 0 Å². The lowest BCUT2D eigenvalue weighted by Crippen LogP contribution is -2.21. The van der Waals surface area contributed by atoms with Crippen LogP contribution in [0.5, 0.6) is 5.75 Å². The van der Waals surface area contributed by atoms with E-state index in [-0.39, 0.29) is 16.8 Å². The molecule has 16 heavy (non-hydrogen) atoms. The van der Waals surface area contributed by atoms with Gasteiger partial charge in [-0.05, 0) is 42.1 Å². The second-order valence-electron chi connectivity index (χ2n) is 3.17. The van der Waals surface area contributed by atoms with Crippen LogP contribution >= 0.6 is 28.1 Å². The summed E-state index contributed by atoms with van der Waals surface area (Å²) < 4.78 is 0.783. The molecule has 1 amide bonds. The van der Waals surface area contributed by atoms with Gasteiger partial charge in [0, 0.05) is 4.47 Å². The quantitative estimate of drug-likeness (QED) is 0.543. The number of hydrogen-bond acceptors (Lipinski definition) is 3. The third kappa shape index (κ3) is 2.23. The van der Waals surface area contributed by atoms with Crippen LogP contribution in [0.2, 0.25) is 0 Å². The molecule has 0 spiro atoms.